The minimum absolute atomic E-state index is 0.0938. The van der Waals surface area contributed by atoms with Crippen LogP contribution in [0.25, 0.3) is 0 Å². The Kier molecular flexibility index (Phi) is 1.36. The molecule has 1 heterocycles. The van der Waals surface area contributed by atoms with Crippen LogP contribution in [0.2, 0.25) is 0 Å². The van der Waals surface area contributed by atoms with Gasteiger partial charge >= 0.3 is 6.18 Å². The molecule has 1 spiro atoms. The summed E-state index contributed by atoms with van der Waals surface area (Å²) in [6, 6.07) is 0. The van der Waals surface area contributed by atoms with Gasteiger partial charge in [0.25, 0.3) is 0 Å². The van der Waals surface area contributed by atoms with Crippen LogP contribution in [0.4, 0.5) is 13.2 Å². The van der Waals surface area contributed by atoms with E-state index in [1.54, 1.807) is 0 Å². The van der Waals surface area contributed by atoms with Crippen molar-refractivity contribution in [2.24, 2.45) is 11.1 Å². The quantitative estimate of drug-likeness (QED) is 0.573. The highest BCUT2D eigenvalue weighted by Crippen LogP contribution is 2.55. The molecule has 1 aliphatic carbocycles. The molecule has 0 unspecified atom stereocenters. The summed E-state index contributed by atoms with van der Waals surface area (Å²) in [6.45, 7) is 1.39. The van der Waals surface area contributed by atoms with Gasteiger partial charge in [-0.15, -0.1) is 0 Å². The molecule has 2 fully saturated rings. The maximum absolute atomic E-state index is 12.2. The van der Waals surface area contributed by atoms with Crippen molar-refractivity contribution < 1.29 is 13.2 Å². The van der Waals surface area contributed by atoms with Gasteiger partial charge in [-0.05, 0) is 18.3 Å². The van der Waals surface area contributed by atoms with Crippen molar-refractivity contribution in [3.05, 3.63) is 0 Å². The molecule has 2 nitrogen and oxygen atoms in total. The molecule has 3 N–H and O–H groups in total. The summed E-state index contributed by atoms with van der Waals surface area (Å²) in [5.74, 6) is 0. The molecule has 0 amide bonds. The molecule has 2 rings (SSSR count). The monoisotopic (exact) mass is 180 g/mol. The van der Waals surface area contributed by atoms with E-state index in [0.717, 1.165) is 0 Å². The van der Waals surface area contributed by atoms with Crippen LogP contribution in [-0.4, -0.2) is 24.8 Å². The SMILES string of the molecule is NC1(C(F)(F)F)CC2(CNC2)C1. The fourth-order valence-corrected chi connectivity index (χ4v) is 2.22. The summed E-state index contributed by atoms with van der Waals surface area (Å²) in [4.78, 5) is 0. The van der Waals surface area contributed by atoms with Gasteiger partial charge in [0, 0.05) is 13.1 Å². The first kappa shape index (κ1) is 8.31. The first-order valence-electron chi connectivity index (χ1n) is 3.93. The van der Waals surface area contributed by atoms with Crippen molar-refractivity contribution in [1.82, 2.24) is 5.32 Å². The topological polar surface area (TPSA) is 38.0 Å². The molecule has 1 saturated heterocycles. The molecule has 5 heteroatoms. The van der Waals surface area contributed by atoms with E-state index in [1.807, 2.05) is 0 Å². The standard InChI is InChI=1S/C7H11F3N2/c8-7(9,10)6(11)1-5(2-6)3-12-4-5/h12H,1-4,11H2. The molecular weight excluding hydrogens is 169 g/mol. The highest BCUT2D eigenvalue weighted by molar-refractivity contribution is 5.15. The molecule has 0 aromatic rings. The minimum Gasteiger partial charge on any atom is -0.318 e. The van der Waals surface area contributed by atoms with Gasteiger partial charge in [0.05, 0.1) is 0 Å². The van der Waals surface area contributed by atoms with Gasteiger partial charge in [-0.25, -0.2) is 0 Å². The van der Waals surface area contributed by atoms with Crippen molar-refractivity contribution in [2.45, 2.75) is 24.6 Å². The fraction of sp³-hybridized carbons (Fsp3) is 1.00. The Morgan fingerprint density at radius 2 is 1.67 bits per heavy atom. The number of hydrogen-bond donors (Lipinski definition) is 2. The number of hydrogen-bond acceptors (Lipinski definition) is 2. The van der Waals surface area contributed by atoms with Crippen LogP contribution in [0.15, 0.2) is 0 Å². The Labute approximate surface area is 68.3 Å². The van der Waals surface area contributed by atoms with Crippen LogP contribution >= 0.6 is 0 Å². The number of rotatable bonds is 0. The summed E-state index contributed by atoms with van der Waals surface area (Å²) < 4.78 is 36.7. The van der Waals surface area contributed by atoms with Gasteiger partial charge in [0.15, 0.2) is 0 Å². The van der Waals surface area contributed by atoms with Crippen LogP contribution in [-0.2, 0) is 0 Å². The average molecular weight is 180 g/mol. The van der Waals surface area contributed by atoms with Crippen LogP contribution < -0.4 is 11.1 Å². The largest absolute Gasteiger partial charge is 0.406 e. The number of alkyl halides is 3. The van der Waals surface area contributed by atoms with Crippen molar-refractivity contribution in [3.8, 4) is 0 Å². The van der Waals surface area contributed by atoms with Crippen LogP contribution in [0, 0.1) is 5.41 Å². The molecule has 0 bridgehead atoms. The van der Waals surface area contributed by atoms with Crippen LogP contribution in [0.3, 0.4) is 0 Å². The van der Waals surface area contributed by atoms with E-state index in [9.17, 15) is 13.2 Å². The predicted molar refractivity (Wildman–Crippen MR) is 37.5 cm³/mol. The van der Waals surface area contributed by atoms with Crippen molar-refractivity contribution in [3.63, 3.8) is 0 Å². The van der Waals surface area contributed by atoms with Gasteiger partial charge in [0.1, 0.15) is 5.54 Å². The van der Waals surface area contributed by atoms with Gasteiger partial charge in [-0.1, -0.05) is 0 Å². The minimum atomic E-state index is -4.23. The molecule has 0 aromatic carbocycles. The van der Waals surface area contributed by atoms with Crippen LogP contribution in [0.1, 0.15) is 12.8 Å². The molecular formula is C7H11F3N2. The van der Waals surface area contributed by atoms with Crippen LogP contribution in [0.5, 0.6) is 0 Å². The van der Waals surface area contributed by atoms with E-state index in [1.165, 1.54) is 0 Å². The Balaban J connectivity index is 2.01. The molecule has 0 aromatic heterocycles. The highest BCUT2D eigenvalue weighted by atomic mass is 19.4. The molecule has 1 aliphatic heterocycles. The van der Waals surface area contributed by atoms with Crippen molar-refractivity contribution in [2.75, 3.05) is 13.1 Å². The summed E-state index contributed by atoms with van der Waals surface area (Å²) in [6.07, 6.45) is -4.04. The van der Waals surface area contributed by atoms with E-state index < -0.39 is 11.7 Å². The maximum atomic E-state index is 12.2. The summed E-state index contributed by atoms with van der Waals surface area (Å²) >= 11 is 0. The maximum Gasteiger partial charge on any atom is 0.406 e. The second-order valence-electron chi connectivity index (χ2n) is 4.11. The van der Waals surface area contributed by atoms with E-state index >= 15 is 0 Å². The molecule has 2 aliphatic rings. The predicted octanol–water partition coefficient (Wildman–Crippen LogP) is 0.630. The molecule has 12 heavy (non-hydrogen) atoms. The van der Waals surface area contributed by atoms with E-state index in [0.29, 0.717) is 13.1 Å². The zero-order chi connectivity index (χ0) is 9.04. The summed E-state index contributed by atoms with van der Waals surface area (Å²) in [7, 11) is 0. The lowest BCUT2D eigenvalue weighted by atomic mass is 9.54. The van der Waals surface area contributed by atoms with Gasteiger partial charge in [-0.3, -0.25) is 0 Å². The third-order valence-corrected chi connectivity index (χ3v) is 2.95. The molecule has 70 valence electrons. The third kappa shape index (κ3) is 0.894. The average Bonchev–Trinajstić information content (AvgIpc) is 1.73. The number of nitrogens with one attached hydrogen (secondary N) is 1. The second-order valence-corrected chi connectivity index (χ2v) is 4.11. The smallest absolute Gasteiger partial charge is 0.318 e. The van der Waals surface area contributed by atoms with Gasteiger partial charge in [0.2, 0.25) is 0 Å². The number of nitrogens with two attached hydrogens (primary N) is 1. The highest BCUT2D eigenvalue weighted by Gasteiger charge is 2.66. The fourth-order valence-electron chi connectivity index (χ4n) is 2.22. The van der Waals surface area contributed by atoms with Gasteiger partial charge in [-0.2, -0.15) is 13.2 Å². The lowest BCUT2D eigenvalue weighted by Crippen LogP contribution is -2.74. The summed E-state index contributed by atoms with van der Waals surface area (Å²) in [5.41, 5.74) is 3.20. The van der Waals surface area contributed by atoms with Gasteiger partial charge < -0.3 is 11.1 Å². The zero-order valence-corrected chi connectivity index (χ0v) is 6.54. The first-order chi connectivity index (χ1) is 5.37. The lowest BCUT2D eigenvalue weighted by Gasteiger charge is -2.59. The summed E-state index contributed by atoms with van der Waals surface area (Å²) in [5, 5.41) is 2.97. The third-order valence-electron chi connectivity index (χ3n) is 2.95. The van der Waals surface area contributed by atoms with E-state index in [4.69, 9.17) is 5.73 Å². The van der Waals surface area contributed by atoms with Crippen molar-refractivity contribution >= 4 is 0 Å². The Hall–Kier alpha value is -0.290. The number of halogens is 3. The Morgan fingerprint density at radius 1 is 1.17 bits per heavy atom. The molecule has 0 radical (unpaired) electrons. The zero-order valence-electron chi connectivity index (χ0n) is 6.54. The Bertz CT molecular complexity index is 199. The van der Waals surface area contributed by atoms with Crippen molar-refractivity contribution in [1.29, 1.82) is 0 Å². The lowest BCUT2D eigenvalue weighted by molar-refractivity contribution is -0.241. The second kappa shape index (κ2) is 1.96. The molecule has 1 saturated carbocycles. The normalized spacial score (nSPS) is 31.0. The Morgan fingerprint density at radius 3 is 1.92 bits per heavy atom. The first-order valence-corrected chi connectivity index (χ1v) is 3.93. The van der Waals surface area contributed by atoms with E-state index in [-0.39, 0.29) is 18.3 Å². The molecule has 0 atom stereocenters. The van der Waals surface area contributed by atoms with E-state index in [2.05, 4.69) is 5.32 Å².